The summed E-state index contributed by atoms with van der Waals surface area (Å²) >= 11 is 8.77. The number of benzene rings is 2. The fourth-order valence-corrected chi connectivity index (χ4v) is 6.59. The average molecular weight is 843 g/mol. The molecule has 1 heterocycles. The molecule has 0 radical (unpaired) electrons. The predicted octanol–water partition coefficient (Wildman–Crippen LogP) is 5.23. The van der Waals surface area contributed by atoms with Gasteiger partial charge in [0.1, 0.15) is 23.8 Å². The fraction of sp³-hybridized carbons (Fsp3) is 0.167. The van der Waals surface area contributed by atoms with Crippen molar-refractivity contribution in [3.05, 3.63) is 56.0 Å². The minimum atomic E-state index is -0.855. The third-order valence-corrected chi connectivity index (χ3v) is 6.82. The summed E-state index contributed by atoms with van der Waals surface area (Å²) in [6, 6.07) is 7.49. The number of halogens is 4. The van der Waals surface area contributed by atoms with Crippen molar-refractivity contribution in [3.63, 3.8) is 0 Å². The Balaban J connectivity index is 1.79. The van der Waals surface area contributed by atoms with Crippen LogP contribution in [-0.4, -0.2) is 26.1 Å². The van der Waals surface area contributed by atoms with Gasteiger partial charge < -0.3 is 14.6 Å². The van der Waals surface area contributed by atoms with Gasteiger partial charge in [0, 0.05) is 7.05 Å². The molecule has 0 aliphatic rings. The highest BCUT2D eigenvalue weighted by atomic mass is 127. The van der Waals surface area contributed by atoms with E-state index in [0.29, 0.717) is 18.1 Å². The van der Waals surface area contributed by atoms with Crippen molar-refractivity contribution in [3.8, 4) is 17.2 Å². The number of carboxylic acids is 1. The normalized spacial score (nSPS) is 10.8. The number of aryl methyl sites for hydroxylation is 1. The molecule has 1 N–H and O–H groups in total. The van der Waals surface area contributed by atoms with E-state index in [1.807, 2.05) is 37.5 Å². The van der Waals surface area contributed by atoms with Gasteiger partial charge in [-0.25, -0.2) is 0 Å². The van der Waals surface area contributed by atoms with Crippen LogP contribution < -0.4 is 9.47 Å². The summed E-state index contributed by atoms with van der Waals surface area (Å²) in [5.41, 5.74) is 1.50. The summed E-state index contributed by atoms with van der Waals surface area (Å²) in [7, 11) is 1.81. The van der Waals surface area contributed by atoms with E-state index < -0.39 is 5.97 Å². The van der Waals surface area contributed by atoms with Crippen molar-refractivity contribution in [1.82, 2.24) is 15.0 Å². The molecule has 0 spiro atoms. The lowest BCUT2D eigenvalue weighted by atomic mass is 10.1. The SMILES string of the molecule is Cn1cc(COc2c(I)cc(Oc3c(I)cc(CC(=O)O)cc3I)cc2I)nn1. The van der Waals surface area contributed by atoms with Crippen LogP contribution in [0.3, 0.4) is 0 Å². The van der Waals surface area contributed by atoms with Gasteiger partial charge in [-0.2, -0.15) is 0 Å². The number of ether oxygens (including phenoxy) is 2. The van der Waals surface area contributed by atoms with E-state index in [0.717, 1.165) is 31.3 Å². The second-order valence-electron chi connectivity index (χ2n) is 5.95. The van der Waals surface area contributed by atoms with Crippen LogP contribution in [-0.2, 0) is 24.9 Å². The molecule has 0 fully saturated rings. The summed E-state index contributed by atoms with van der Waals surface area (Å²) in [4.78, 5) is 11.0. The van der Waals surface area contributed by atoms with Crippen molar-refractivity contribution < 1.29 is 19.4 Å². The maximum absolute atomic E-state index is 11.0. The quantitative estimate of drug-likeness (QED) is 0.329. The van der Waals surface area contributed by atoms with E-state index >= 15 is 0 Å². The zero-order valence-corrected chi connectivity index (χ0v) is 23.5. The van der Waals surface area contributed by atoms with Crippen LogP contribution in [0.25, 0.3) is 0 Å². The van der Waals surface area contributed by atoms with Crippen LogP contribution in [0, 0.1) is 14.3 Å². The summed E-state index contributed by atoms with van der Waals surface area (Å²) in [6.07, 6.45) is 1.80. The Morgan fingerprint density at radius 2 is 1.62 bits per heavy atom. The van der Waals surface area contributed by atoms with Crippen LogP contribution in [0.2, 0.25) is 0 Å². The van der Waals surface area contributed by atoms with E-state index in [1.165, 1.54) is 0 Å². The minimum Gasteiger partial charge on any atom is -0.485 e. The molecule has 11 heteroatoms. The van der Waals surface area contributed by atoms with Crippen molar-refractivity contribution >= 4 is 96.3 Å². The zero-order valence-electron chi connectivity index (χ0n) is 14.8. The maximum atomic E-state index is 11.0. The van der Waals surface area contributed by atoms with Crippen LogP contribution in [0.4, 0.5) is 0 Å². The second-order valence-corrected chi connectivity index (χ2v) is 10.6. The second kappa shape index (κ2) is 10.3. The Labute approximate surface area is 221 Å². The van der Waals surface area contributed by atoms with E-state index in [4.69, 9.17) is 14.6 Å². The minimum absolute atomic E-state index is 0.0140. The molecule has 0 atom stereocenters. The number of hydrogen-bond acceptors (Lipinski definition) is 5. The van der Waals surface area contributed by atoms with Gasteiger partial charge in [0.2, 0.25) is 0 Å². The molecule has 29 heavy (non-hydrogen) atoms. The van der Waals surface area contributed by atoms with E-state index in [-0.39, 0.29) is 6.42 Å². The number of nitrogens with zero attached hydrogens (tertiary/aromatic N) is 3. The van der Waals surface area contributed by atoms with Crippen molar-refractivity contribution in [2.45, 2.75) is 13.0 Å². The standard InChI is InChI=1S/C18H13I4N3O4/c1-25-7-10(23-24-25)8-28-17-14(21)5-11(6-15(17)22)29-18-12(19)2-9(3-13(18)20)4-16(26)27/h2-3,5-7H,4,8H2,1H3,(H,26,27). The van der Waals surface area contributed by atoms with E-state index in [1.54, 1.807) is 4.68 Å². The van der Waals surface area contributed by atoms with Gasteiger partial charge in [-0.3, -0.25) is 9.48 Å². The summed E-state index contributed by atoms with van der Waals surface area (Å²) in [5, 5.41) is 16.9. The van der Waals surface area contributed by atoms with Gasteiger partial charge in [-0.1, -0.05) is 5.21 Å². The maximum Gasteiger partial charge on any atom is 0.307 e. The Morgan fingerprint density at radius 3 is 2.14 bits per heavy atom. The number of hydrogen-bond donors (Lipinski definition) is 1. The molecule has 1 aromatic heterocycles. The molecule has 0 unspecified atom stereocenters. The van der Waals surface area contributed by atoms with Crippen LogP contribution >= 0.6 is 90.4 Å². The van der Waals surface area contributed by atoms with Gasteiger partial charge >= 0.3 is 5.97 Å². The monoisotopic (exact) mass is 843 g/mol. The Morgan fingerprint density at radius 1 is 1.03 bits per heavy atom. The largest absolute Gasteiger partial charge is 0.485 e. The Hall–Kier alpha value is -0.430. The highest BCUT2D eigenvalue weighted by Crippen LogP contribution is 2.37. The topological polar surface area (TPSA) is 86.5 Å². The number of aliphatic carboxylic acids is 1. The molecule has 2 aromatic carbocycles. The third-order valence-electron chi connectivity index (χ3n) is 3.62. The van der Waals surface area contributed by atoms with Gasteiger partial charge in [0.05, 0.1) is 26.9 Å². The molecule has 0 saturated carbocycles. The van der Waals surface area contributed by atoms with E-state index in [9.17, 15) is 4.79 Å². The Bertz CT molecular complexity index is 1030. The zero-order chi connectivity index (χ0) is 21.1. The highest BCUT2D eigenvalue weighted by molar-refractivity contribution is 14.1. The van der Waals surface area contributed by atoms with Crippen LogP contribution in [0.1, 0.15) is 11.3 Å². The summed E-state index contributed by atoms with van der Waals surface area (Å²) in [5.74, 6) is 1.31. The molecule has 0 bridgehead atoms. The molecule has 0 amide bonds. The number of aromatic nitrogens is 3. The van der Waals surface area contributed by atoms with Crippen molar-refractivity contribution in [1.29, 1.82) is 0 Å². The predicted molar refractivity (Wildman–Crippen MR) is 141 cm³/mol. The number of carboxylic acid groups (broad SMARTS) is 1. The number of rotatable bonds is 7. The molecule has 0 saturated heterocycles. The lowest BCUT2D eigenvalue weighted by molar-refractivity contribution is -0.136. The summed E-state index contributed by atoms with van der Waals surface area (Å²) in [6.45, 7) is 0.334. The number of carbonyl (C=O) groups is 1. The smallest absolute Gasteiger partial charge is 0.307 e. The van der Waals surface area contributed by atoms with Gasteiger partial charge in [-0.15, -0.1) is 5.10 Å². The van der Waals surface area contributed by atoms with E-state index in [2.05, 4.69) is 101 Å². The van der Waals surface area contributed by atoms with Crippen LogP contribution in [0.15, 0.2) is 30.5 Å². The third kappa shape index (κ3) is 6.28. The lowest BCUT2D eigenvalue weighted by Gasteiger charge is -2.15. The fourth-order valence-electron chi connectivity index (χ4n) is 2.45. The van der Waals surface area contributed by atoms with Gasteiger partial charge in [0.25, 0.3) is 0 Å². The van der Waals surface area contributed by atoms with Crippen molar-refractivity contribution in [2.24, 2.45) is 7.05 Å². The van der Waals surface area contributed by atoms with Gasteiger partial charge in [0.15, 0.2) is 5.75 Å². The Kier molecular flexibility index (Phi) is 8.22. The van der Waals surface area contributed by atoms with Crippen molar-refractivity contribution in [2.75, 3.05) is 0 Å². The first-order valence-electron chi connectivity index (χ1n) is 8.07. The molecule has 152 valence electrons. The van der Waals surface area contributed by atoms with Gasteiger partial charge in [-0.05, 0) is 120 Å². The molecule has 3 aromatic rings. The first-order chi connectivity index (χ1) is 13.7. The molecular weight excluding hydrogens is 830 g/mol. The lowest BCUT2D eigenvalue weighted by Crippen LogP contribution is -2.02. The summed E-state index contributed by atoms with van der Waals surface area (Å²) < 4.78 is 17.2. The van der Waals surface area contributed by atoms with Crippen LogP contribution in [0.5, 0.6) is 17.2 Å². The molecule has 0 aliphatic heterocycles. The first kappa shape index (κ1) is 23.2. The highest BCUT2D eigenvalue weighted by Gasteiger charge is 2.15. The average Bonchev–Trinajstić information content (AvgIpc) is 3.02. The molecule has 0 aliphatic carbocycles. The molecular formula is C18H13I4N3O4. The molecule has 3 rings (SSSR count). The first-order valence-corrected chi connectivity index (χ1v) is 12.4. The molecule has 7 nitrogen and oxygen atoms in total.